The molecular weight excluding hydrogens is 411 g/mol. The first-order valence-corrected chi connectivity index (χ1v) is 9.87. The molecule has 1 heterocycles. The van der Waals surface area contributed by atoms with Crippen LogP contribution in [0.5, 0.6) is 0 Å². The summed E-state index contributed by atoms with van der Waals surface area (Å²) in [7, 11) is 0. The number of benzene rings is 3. The van der Waals surface area contributed by atoms with E-state index in [0.717, 1.165) is 22.0 Å². The molecule has 1 N–H and O–H groups in total. The van der Waals surface area contributed by atoms with Gasteiger partial charge in [-0.25, -0.2) is 9.82 Å². The van der Waals surface area contributed by atoms with Crippen LogP contribution >= 0.6 is 0 Å². The number of nitro benzene ring substituents is 1. The van der Waals surface area contributed by atoms with Crippen molar-refractivity contribution in [3.05, 3.63) is 112 Å². The Morgan fingerprint density at radius 1 is 1.06 bits per heavy atom. The van der Waals surface area contributed by atoms with Gasteiger partial charge in [-0.2, -0.15) is 5.10 Å². The molecule has 1 aromatic heterocycles. The van der Waals surface area contributed by atoms with Crippen LogP contribution in [0.15, 0.2) is 84.1 Å². The number of non-ortho nitro benzene ring substituents is 1. The minimum absolute atomic E-state index is 0.0459. The Labute approximate surface area is 183 Å². The third-order valence-electron chi connectivity index (χ3n) is 4.96. The number of carbonyl (C=O) groups is 1. The topological polar surface area (TPSA) is 89.5 Å². The van der Waals surface area contributed by atoms with Gasteiger partial charge >= 0.3 is 0 Å². The number of hydrazone groups is 1. The second-order valence-corrected chi connectivity index (χ2v) is 7.25. The molecule has 0 atom stereocenters. The first-order chi connectivity index (χ1) is 15.5. The van der Waals surface area contributed by atoms with Gasteiger partial charge in [-0.1, -0.05) is 42.5 Å². The molecule has 0 bridgehead atoms. The molecule has 0 aliphatic heterocycles. The maximum Gasteiger partial charge on any atom is 0.269 e. The number of hydrogen-bond donors (Lipinski definition) is 1. The van der Waals surface area contributed by atoms with E-state index in [-0.39, 0.29) is 23.8 Å². The van der Waals surface area contributed by atoms with Crippen LogP contribution in [0.1, 0.15) is 16.7 Å². The first kappa shape index (κ1) is 20.9. The van der Waals surface area contributed by atoms with Crippen molar-refractivity contribution in [3.63, 3.8) is 0 Å². The Kier molecular flexibility index (Phi) is 6.03. The number of fused-ring (bicyclic) bond motifs is 1. The molecule has 0 saturated heterocycles. The summed E-state index contributed by atoms with van der Waals surface area (Å²) in [6.07, 6.45) is 3.54. The summed E-state index contributed by atoms with van der Waals surface area (Å²) in [5, 5.41) is 16.1. The van der Waals surface area contributed by atoms with Crippen LogP contribution in [0.3, 0.4) is 0 Å². The highest BCUT2D eigenvalue weighted by Gasteiger charge is 2.10. The lowest BCUT2D eigenvalue weighted by Crippen LogP contribution is -2.19. The molecule has 0 unspecified atom stereocenters. The predicted molar refractivity (Wildman–Crippen MR) is 120 cm³/mol. The van der Waals surface area contributed by atoms with Gasteiger partial charge in [-0.05, 0) is 29.3 Å². The molecule has 0 aliphatic carbocycles. The van der Waals surface area contributed by atoms with Gasteiger partial charge in [0.1, 0.15) is 5.82 Å². The average molecular weight is 430 g/mol. The second-order valence-electron chi connectivity index (χ2n) is 7.25. The number of rotatable bonds is 7. The van der Waals surface area contributed by atoms with E-state index in [0.29, 0.717) is 12.1 Å². The monoisotopic (exact) mass is 430 g/mol. The van der Waals surface area contributed by atoms with Crippen molar-refractivity contribution >= 4 is 28.7 Å². The van der Waals surface area contributed by atoms with Crippen LogP contribution < -0.4 is 5.43 Å². The summed E-state index contributed by atoms with van der Waals surface area (Å²) in [6.45, 7) is 0.451. The molecule has 160 valence electrons. The number of carbonyl (C=O) groups excluding carboxylic acids is 1. The van der Waals surface area contributed by atoms with Gasteiger partial charge in [-0.15, -0.1) is 0 Å². The van der Waals surface area contributed by atoms with E-state index in [1.54, 1.807) is 30.5 Å². The van der Waals surface area contributed by atoms with Gasteiger partial charge in [0.05, 0.1) is 17.6 Å². The summed E-state index contributed by atoms with van der Waals surface area (Å²) >= 11 is 0. The zero-order chi connectivity index (χ0) is 22.5. The highest BCUT2D eigenvalue weighted by Crippen LogP contribution is 2.22. The van der Waals surface area contributed by atoms with Gasteiger partial charge in [0.2, 0.25) is 5.91 Å². The van der Waals surface area contributed by atoms with Gasteiger partial charge in [0, 0.05) is 41.3 Å². The Morgan fingerprint density at radius 3 is 2.62 bits per heavy atom. The number of para-hydroxylation sites is 1. The first-order valence-electron chi connectivity index (χ1n) is 9.87. The minimum Gasteiger partial charge on any atom is -0.342 e. The predicted octanol–water partition coefficient (Wildman–Crippen LogP) is 4.43. The zero-order valence-electron chi connectivity index (χ0n) is 16.9. The number of amides is 1. The van der Waals surface area contributed by atoms with E-state index < -0.39 is 4.92 Å². The molecule has 0 spiro atoms. The molecule has 32 heavy (non-hydrogen) atoms. The Balaban J connectivity index is 1.51. The van der Waals surface area contributed by atoms with Gasteiger partial charge in [0.25, 0.3) is 5.69 Å². The Morgan fingerprint density at radius 2 is 1.84 bits per heavy atom. The normalized spacial score (nSPS) is 11.2. The maximum absolute atomic E-state index is 13.0. The fraction of sp³-hybridized carbons (Fsp3) is 0.0833. The van der Waals surface area contributed by atoms with Crippen LogP contribution in [0.25, 0.3) is 10.9 Å². The molecule has 7 nitrogen and oxygen atoms in total. The van der Waals surface area contributed by atoms with Crippen LogP contribution in [-0.2, 0) is 17.8 Å². The highest BCUT2D eigenvalue weighted by molar-refractivity contribution is 5.99. The lowest BCUT2D eigenvalue weighted by atomic mass is 10.1. The fourth-order valence-corrected chi connectivity index (χ4v) is 3.47. The molecule has 1 amide bonds. The van der Waals surface area contributed by atoms with Crippen molar-refractivity contribution in [3.8, 4) is 0 Å². The number of nitro groups is 1. The molecule has 3 aromatic carbocycles. The average Bonchev–Trinajstić information content (AvgIpc) is 3.13. The fourth-order valence-electron chi connectivity index (χ4n) is 3.47. The smallest absolute Gasteiger partial charge is 0.269 e. The van der Waals surface area contributed by atoms with Gasteiger partial charge < -0.3 is 4.57 Å². The number of nitrogens with zero attached hydrogens (tertiary/aromatic N) is 3. The van der Waals surface area contributed by atoms with Crippen molar-refractivity contribution in [1.82, 2.24) is 9.99 Å². The quantitative estimate of drug-likeness (QED) is 0.267. The lowest BCUT2D eigenvalue weighted by Gasteiger charge is -2.05. The van der Waals surface area contributed by atoms with E-state index in [1.807, 2.05) is 41.1 Å². The third kappa shape index (κ3) is 4.86. The van der Waals surface area contributed by atoms with Crippen LogP contribution in [0.4, 0.5) is 10.1 Å². The van der Waals surface area contributed by atoms with E-state index in [1.165, 1.54) is 18.2 Å². The summed E-state index contributed by atoms with van der Waals surface area (Å²) in [5.41, 5.74) is 5.77. The SMILES string of the molecule is O=C(Cc1ccc(F)cc1)N/N=C/c1cn(Cc2cccc([N+](=O)[O-])c2)c2ccccc12. The molecule has 0 fully saturated rings. The van der Waals surface area contributed by atoms with Gasteiger partial charge in [-0.3, -0.25) is 14.9 Å². The van der Waals surface area contributed by atoms with Gasteiger partial charge in [0.15, 0.2) is 0 Å². The van der Waals surface area contributed by atoms with Crippen LogP contribution in [-0.4, -0.2) is 21.6 Å². The molecule has 0 aliphatic rings. The minimum atomic E-state index is -0.413. The van der Waals surface area contributed by atoms with Crippen molar-refractivity contribution in [1.29, 1.82) is 0 Å². The molecule has 8 heteroatoms. The van der Waals surface area contributed by atoms with E-state index in [4.69, 9.17) is 0 Å². The Hall–Kier alpha value is -4.33. The van der Waals surface area contributed by atoms with E-state index in [9.17, 15) is 19.3 Å². The van der Waals surface area contributed by atoms with Crippen LogP contribution in [0.2, 0.25) is 0 Å². The number of aromatic nitrogens is 1. The summed E-state index contributed by atoms with van der Waals surface area (Å²) in [5.74, 6) is -0.665. The van der Waals surface area contributed by atoms with Crippen molar-refractivity contribution in [2.45, 2.75) is 13.0 Å². The second kappa shape index (κ2) is 9.22. The largest absolute Gasteiger partial charge is 0.342 e. The molecule has 0 radical (unpaired) electrons. The molecule has 4 aromatic rings. The summed E-state index contributed by atoms with van der Waals surface area (Å²) in [6, 6.07) is 20.0. The van der Waals surface area contributed by atoms with Crippen molar-refractivity contribution < 1.29 is 14.1 Å². The zero-order valence-corrected chi connectivity index (χ0v) is 16.9. The molecule has 4 rings (SSSR count). The van der Waals surface area contributed by atoms with E-state index >= 15 is 0 Å². The number of hydrogen-bond acceptors (Lipinski definition) is 4. The number of halogens is 1. The molecule has 0 saturated carbocycles. The maximum atomic E-state index is 13.0. The Bertz CT molecular complexity index is 1310. The standard InChI is InChI=1S/C24H19FN4O3/c25-20-10-8-17(9-11-20)13-24(30)27-26-14-19-16-28(23-7-2-1-6-22(19)23)15-18-4-3-5-21(12-18)29(31)32/h1-12,14,16H,13,15H2,(H,27,30)/b26-14+. The summed E-state index contributed by atoms with van der Waals surface area (Å²) < 4.78 is 15.0. The van der Waals surface area contributed by atoms with E-state index in [2.05, 4.69) is 10.5 Å². The highest BCUT2D eigenvalue weighted by atomic mass is 19.1. The molecular formula is C24H19FN4O3. The van der Waals surface area contributed by atoms with Crippen molar-refractivity contribution in [2.75, 3.05) is 0 Å². The third-order valence-corrected chi connectivity index (χ3v) is 4.96. The number of nitrogens with one attached hydrogen (secondary N) is 1. The summed E-state index contributed by atoms with van der Waals surface area (Å²) in [4.78, 5) is 22.7. The van der Waals surface area contributed by atoms with Crippen LogP contribution in [0, 0.1) is 15.9 Å². The van der Waals surface area contributed by atoms with Crippen molar-refractivity contribution in [2.24, 2.45) is 5.10 Å². The lowest BCUT2D eigenvalue weighted by molar-refractivity contribution is -0.384.